The lowest BCUT2D eigenvalue weighted by Gasteiger charge is -2.26. The van der Waals surface area contributed by atoms with Crippen LogP contribution in [0.15, 0.2) is 12.4 Å². The van der Waals surface area contributed by atoms with Crippen molar-refractivity contribution >= 4 is 5.82 Å². The first-order chi connectivity index (χ1) is 9.83. The molecule has 1 aliphatic rings. The molecule has 0 aliphatic carbocycles. The molecule has 5 nitrogen and oxygen atoms in total. The highest BCUT2D eigenvalue weighted by Crippen LogP contribution is 2.18. The Labute approximate surface area is 121 Å². The number of rotatable bonds is 8. The van der Waals surface area contributed by atoms with E-state index in [2.05, 4.69) is 27.1 Å². The third kappa shape index (κ3) is 4.34. The zero-order chi connectivity index (χ0) is 14.2. The Balaban J connectivity index is 2.05. The van der Waals surface area contributed by atoms with Crippen molar-refractivity contribution < 1.29 is 4.74 Å². The normalized spacial score (nSPS) is 18.2. The summed E-state index contributed by atoms with van der Waals surface area (Å²) in [5.74, 6) is 1.64. The van der Waals surface area contributed by atoms with Crippen LogP contribution in [0, 0.1) is 0 Å². The molecule has 20 heavy (non-hydrogen) atoms. The number of hydrogen-bond acceptors (Lipinski definition) is 5. The van der Waals surface area contributed by atoms with E-state index < -0.39 is 0 Å². The number of hydrogen-bond donors (Lipinski definition) is 1. The Bertz CT molecular complexity index is 393. The van der Waals surface area contributed by atoms with Crippen molar-refractivity contribution in [3.63, 3.8) is 0 Å². The van der Waals surface area contributed by atoms with E-state index in [1.165, 1.54) is 25.7 Å². The zero-order valence-corrected chi connectivity index (χ0v) is 12.6. The second-order valence-electron chi connectivity index (χ2n) is 5.24. The van der Waals surface area contributed by atoms with Crippen LogP contribution in [0.4, 0.5) is 5.82 Å². The molecule has 1 fully saturated rings. The summed E-state index contributed by atoms with van der Waals surface area (Å²) in [7, 11) is 0. The Morgan fingerprint density at radius 3 is 3.00 bits per heavy atom. The van der Waals surface area contributed by atoms with Crippen molar-refractivity contribution in [2.24, 2.45) is 0 Å². The van der Waals surface area contributed by atoms with Crippen LogP contribution in [-0.4, -0.2) is 42.3 Å². The van der Waals surface area contributed by atoms with Gasteiger partial charge in [-0.2, -0.15) is 0 Å². The van der Waals surface area contributed by atoms with Gasteiger partial charge in [0.15, 0.2) is 0 Å². The first-order valence-electron chi connectivity index (χ1n) is 7.76. The van der Waals surface area contributed by atoms with E-state index in [0.29, 0.717) is 18.5 Å². The Hall–Kier alpha value is -1.36. The van der Waals surface area contributed by atoms with Crippen molar-refractivity contribution in [2.75, 3.05) is 31.1 Å². The highest BCUT2D eigenvalue weighted by atomic mass is 16.5. The van der Waals surface area contributed by atoms with Gasteiger partial charge in [0.1, 0.15) is 12.1 Å². The third-order valence-electron chi connectivity index (χ3n) is 3.63. The summed E-state index contributed by atoms with van der Waals surface area (Å²) in [6.07, 6.45) is 6.51. The monoisotopic (exact) mass is 278 g/mol. The molecule has 1 unspecified atom stereocenters. The topological polar surface area (TPSA) is 50.3 Å². The average molecular weight is 278 g/mol. The maximum atomic E-state index is 5.48. The maximum absolute atomic E-state index is 5.48. The highest BCUT2D eigenvalue weighted by Gasteiger charge is 2.19. The molecule has 0 aromatic carbocycles. The molecule has 2 heterocycles. The lowest BCUT2D eigenvalue weighted by atomic mass is 10.2. The first kappa shape index (κ1) is 15.0. The van der Waals surface area contributed by atoms with Crippen molar-refractivity contribution in [2.45, 2.75) is 45.6 Å². The second kappa shape index (κ2) is 8.04. The summed E-state index contributed by atoms with van der Waals surface area (Å²) in [6, 6.07) is 2.53. The van der Waals surface area contributed by atoms with Crippen LogP contribution < -0.4 is 15.0 Å². The van der Waals surface area contributed by atoms with Crippen molar-refractivity contribution in [3.05, 3.63) is 12.4 Å². The fourth-order valence-corrected chi connectivity index (χ4v) is 2.56. The quantitative estimate of drug-likeness (QED) is 0.790. The Morgan fingerprint density at radius 1 is 1.40 bits per heavy atom. The molecule has 1 saturated heterocycles. The van der Waals surface area contributed by atoms with Crippen LogP contribution in [0.2, 0.25) is 0 Å². The van der Waals surface area contributed by atoms with Gasteiger partial charge < -0.3 is 15.0 Å². The van der Waals surface area contributed by atoms with Crippen molar-refractivity contribution in [3.8, 4) is 5.88 Å². The first-order valence-corrected chi connectivity index (χ1v) is 7.76. The molecular formula is C15H26N4O. The minimum absolute atomic E-state index is 0.581. The molecule has 1 aliphatic heterocycles. The van der Waals surface area contributed by atoms with E-state index in [-0.39, 0.29) is 0 Å². The van der Waals surface area contributed by atoms with Gasteiger partial charge in [-0.1, -0.05) is 13.3 Å². The van der Waals surface area contributed by atoms with Crippen LogP contribution in [0.1, 0.15) is 39.5 Å². The molecule has 1 N–H and O–H groups in total. The van der Waals surface area contributed by atoms with Gasteiger partial charge in [0.2, 0.25) is 5.88 Å². The Morgan fingerprint density at radius 2 is 2.30 bits per heavy atom. The van der Waals surface area contributed by atoms with E-state index >= 15 is 0 Å². The molecule has 0 saturated carbocycles. The van der Waals surface area contributed by atoms with Gasteiger partial charge in [0.25, 0.3) is 0 Å². The number of anilines is 1. The van der Waals surface area contributed by atoms with Gasteiger partial charge in [-0.05, 0) is 32.7 Å². The average Bonchev–Trinajstić information content (AvgIpc) is 2.97. The second-order valence-corrected chi connectivity index (χ2v) is 5.24. The smallest absolute Gasteiger partial charge is 0.218 e. The number of ether oxygens (including phenoxy) is 1. The highest BCUT2D eigenvalue weighted by molar-refractivity contribution is 5.41. The molecule has 0 radical (unpaired) electrons. The van der Waals surface area contributed by atoms with E-state index in [1.807, 2.05) is 13.0 Å². The number of unbranched alkanes of at least 4 members (excludes halogenated alkanes) is 1. The molecule has 1 aromatic heterocycles. The van der Waals surface area contributed by atoms with Gasteiger partial charge in [-0.15, -0.1) is 0 Å². The third-order valence-corrected chi connectivity index (χ3v) is 3.63. The number of aromatic nitrogens is 2. The van der Waals surface area contributed by atoms with Crippen LogP contribution in [0.25, 0.3) is 0 Å². The summed E-state index contributed by atoms with van der Waals surface area (Å²) < 4.78 is 5.48. The van der Waals surface area contributed by atoms with Crippen LogP contribution in [0.5, 0.6) is 5.88 Å². The van der Waals surface area contributed by atoms with E-state index in [1.54, 1.807) is 6.33 Å². The maximum Gasteiger partial charge on any atom is 0.218 e. The molecule has 1 atom stereocenters. The van der Waals surface area contributed by atoms with E-state index in [9.17, 15) is 0 Å². The van der Waals surface area contributed by atoms with Crippen LogP contribution in [0.3, 0.4) is 0 Å². The van der Waals surface area contributed by atoms with Gasteiger partial charge in [0, 0.05) is 25.2 Å². The molecule has 0 spiro atoms. The largest absolute Gasteiger partial charge is 0.478 e. The molecule has 2 rings (SSSR count). The molecule has 5 heteroatoms. The summed E-state index contributed by atoms with van der Waals surface area (Å²) in [6.45, 7) is 8.02. The number of nitrogens with zero attached hydrogens (tertiary/aromatic N) is 3. The SMILES string of the molecule is CCCCN(CC1CCCN1)c1cc(OCC)ncn1. The molecule has 112 valence electrons. The van der Waals surface area contributed by atoms with Gasteiger partial charge >= 0.3 is 0 Å². The number of nitrogens with one attached hydrogen (secondary N) is 1. The van der Waals surface area contributed by atoms with Gasteiger partial charge in [0.05, 0.1) is 6.61 Å². The minimum Gasteiger partial charge on any atom is -0.478 e. The zero-order valence-electron chi connectivity index (χ0n) is 12.6. The van der Waals surface area contributed by atoms with Gasteiger partial charge in [-0.3, -0.25) is 0 Å². The summed E-state index contributed by atoms with van der Waals surface area (Å²) in [4.78, 5) is 10.9. The predicted octanol–water partition coefficient (Wildman–Crippen LogP) is 2.23. The minimum atomic E-state index is 0.581. The van der Waals surface area contributed by atoms with Crippen molar-refractivity contribution in [1.29, 1.82) is 0 Å². The lowest BCUT2D eigenvalue weighted by molar-refractivity contribution is 0.326. The van der Waals surface area contributed by atoms with Crippen LogP contribution >= 0.6 is 0 Å². The Kier molecular flexibility index (Phi) is 6.05. The summed E-state index contributed by atoms with van der Waals surface area (Å²) in [5, 5.41) is 3.56. The standard InChI is InChI=1S/C15H26N4O/c1-3-5-9-19(11-13-7-6-8-16-13)14-10-15(20-4-2)18-12-17-14/h10,12-13,16H,3-9,11H2,1-2H3. The van der Waals surface area contributed by atoms with Crippen molar-refractivity contribution in [1.82, 2.24) is 15.3 Å². The van der Waals surface area contributed by atoms with Crippen LogP contribution in [-0.2, 0) is 0 Å². The molecule has 1 aromatic rings. The summed E-state index contributed by atoms with van der Waals surface area (Å²) >= 11 is 0. The molecule has 0 amide bonds. The lowest BCUT2D eigenvalue weighted by Crippen LogP contribution is -2.38. The predicted molar refractivity (Wildman–Crippen MR) is 81.3 cm³/mol. The van der Waals surface area contributed by atoms with E-state index in [0.717, 1.165) is 25.5 Å². The fourth-order valence-electron chi connectivity index (χ4n) is 2.56. The van der Waals surface area contributed by atoms with E-state index in [4.69, 9.17) is 4.74 Å². The molecule has 0 bridgehead atoms. The molecular weight excluding hydrogens is 252 g/mol. The fraction of sp³-hybridized carbons (Fsp3) is 0.733. The summed E-state index contributed by atoms with van der Waals surface area (Å²) in [5.41, 5.74) is 0. The van der Waals surface area contributed by atoms with Gasteiger partial charge in [-0.25, -0.2) is 9.97 Å².